The van der Waals surface area contributed by atoms with Gasteiger partial charge in [0.1, 0.15) is 18.1 Å². The van der Waals surface area contributed by atoms with E-state index in [9.17, 15) is 4.79 Å². The third kappa shape index (κ3) is 5.74. The summed E-state index contributed by atoms with van der Waals surface area (Å²) < 4.78 is 31.6. The minimum atomic E-state index is -0.383. The van der Waals surface area contributed by atoms with E-state index in [1.165, 1.54) is 18.9 Å². The van der Waals surface area contributed by atoms with Crippen LogP contribution in [0.4, 0.5) is 4.39 Å². The van der Waals surface area contributed by atoms with Crippen LogP contribution < -0.4 is 19.5 Å². The molecule has 40 heavy (non-hydrogen) atoms. The van der Waals surface area contributed by atoms with Crippen LogP contribution in [0.3, 0.4) is 0 Å². The summed E-state index contributed by atoms with van der Waals surface area (Å²) in [5.74, 6) is 1.90. The van der Waals surface area contributed by atoms with Crippen molar-refractivity contribution in [1.29, 1.82) is 0 Å². The third-order valence-electron chi connectivity index (χ3n) is 7.90. The first-order valence-corrected chi connectivity index (χ1v) is 13.8. The number of aromatic nitrogens is 1. The molecule has 2 unspecified atom stereocenters. The second-order valence-corrected chi connectivity index (χ2v) is 10.8. The van der Waals surface area contributed by atoms with Gasteiger partial charge < -0.3 is 19.5 Å². The molecule has 1 amide bonds. The normalized spacial score (nSPS) is 17.9. The number of ether oxygens (including phenoxy) is 3. The fraction of sp³-hybridized carbons (Fsp3) is 0.333. The number of benzene rings is 3. The SMILES string of the molecule is COc1ccc(CNC(=O)C2CC2Cc2ccc(OCc3cc(C4CC4)nc4ccccc34)c(F)c2)c(OC)c1. The molecule has 206 valence electrons. The first-order valence-electron chi connectivity index (χ1n) is 13.8. The highest BCUT2D eigenvalue weighted by molar-refractivity contribution is 5.82. The number of hydrogen-bond acceptors (Lipinski definition) is 5. The number of nitrogens with zero attached hydrogens (tertiary/aromatic N) is 1. The Hall–Kier alpha value is -4.13. The summed E-state index contributed by atoms with van der Waals surface area (Å²) in [6.07, 6.45) is 3.79. The van der Waals surface area contributed by atoms with Gasteiger partial charge in [0, 0.05) is 46.7 Å². The number of nitrogens with one attached hydrogen (secondary N) is 1. The lowest BCUT2D eigenvalue weighted by Crippen LogP contribution is -2.25. The molecule has 2 saturated carbocycles. The Morgan fingerprint density at radius 3 is 2.60 bits per heavy atom. The van der Waals surface area contributed by atoms with E-state index in [1.807, 2.05) is 42.5 Å². The average Bonchev–Trinajstić information content (AvgIpc) is 3.91. The number of carbonyl (C=O) groups is 1. The van der Waals surface area contributed by atoms with Crippen LogP contribution in [0.2, 0.25) is 0 Å². The molecule has 0 saturated heterocycles. The lowest BCUT2D eigenvalue weighted by Gasteiger charge is -2.12. The molecule has 0 spiro atoms. The van der Waals surface area contributed by atoms with Crippen molar-refractivity contribution < 1.29 is 23.4 Å². The van der Waals surface area contributed by atoms with Crippen molar-refractivity contribution in [2.24, 2.45) is 11.8 Å². The lowest BCUT2D eigenvalue weighted by atomic mass is 10.1. The number of carbonyl (C=O) groups excluding carboxylic acids is 1. The average molecular weight is 541 g/mol. The van der Waals surface area contributed by atoms with Crippen LogP contribution >= 0.6 is 0 Å². The first kappa shape index (κ1) is 26.1. The standard InChI is InChI=1S/C33H33FN2O4/c1-38-25-11-10-22(32(17-25)39-2)18-35-33(37)27-15-23(27)13-20-7-12-31(28(34)14-20)40-19-24-16-30(21-8-9-21)36-29-6-4-3-5-26(24)29/h3-7,10-12,14,16-17,21,23,27H,8-9,13,15,18-19H2,1-2H3,(H,35,37). The molecular weight excluding hydrogens is 507 g/mol. The molecule has 3 aromatic carbocycles. The zero-order chi connectivity index (χ0) is 27.6. The summed E-state index contributed by atoms with van der Waals surface area (Å²) in [6, 6.07) is 20.8. The minimum Gasteiger partial charge on any atom is -0.497 e. The van der Waals surface area contributed by atoms with Crippen LogP contribution in [-0.2, 0) is 24.4 Å². The molecule has 2 aliphatic rings. The summed E-state index contributed by atoms with van der Waals surface area (Å²) in [5, 5.41) is 4.05. The summed E-state index contributed by atoms with van der Waals surface area (Å²) in [6.45, 7) is 0.660. The van der Waals surface area contributed by atoms with Crippen molar-refractivity contribution >= 4 is 16.8 Å². The van der Waals surface area contributed by atoms with Crippen molar-refractivity contribution in [3.05, 3.63) is 94.9 Å². The van der Waals surface area contributed by atoms with Crippen molar-refractivity contribution in [2.45, 2.75) is 44.8 Å². The Kier molecular flexibility index (Phi) is 7.29. The van der Waals surface area contributed by atoms with Crippen LogP contribution in [-0.4, -0.2) is 25.1 Å². The van der Waals surface area contributed by atoms with E-state index in [4.69, 9.17) is 19.2 Å². The van der Waals surface area contributed by atoms with E-state index in [0.717, 1.165) is 39.7 Å². The van der Waals surface area contributed by atoms with E-state index in [0.29, 0.717) is 30.4 Å². The maximum absolute atomic E-state index is 15.0. The summed E-state index contributed by atoms with van der Waals surface area (Å²) in [4.78, 5) is 17.5. The van der Waals surface area contributed by atoms with Crippen LogP contribution in [0.1, 0.15) is 47.6 Å². The van der Waals surface area contributed by atoms with Crippen LogP contribution in [0.5, 0.6) is 17.2 Å². The number of pyridine rings is 1. The van der Waals surface area contributed by atoms with Gasteiger partial charge in [-0.15, -0.1) is 0 Å². The van der Waals surface area contributed by atoms with E-state index in [2.05, 4.69) is 11.4 Å². The highest BCUT2D eigenvalue weighted by Gasteiger charge is 2.42. The van der Waals surface area contributed by atoms with Gasteiger partial charge in [-0.1, -0.05) is 24.3 Å². The molecule has 2 fully saturated rings. The number of hydrogen-bond donors (Lipinski definition) is 1. The largest absolute Gasteiger partial charge is 0.497 e. The predicted molar refractivity (Wildman–Crippen MR) is 151 cm³/mol. The number of rotatable bonds is 11. The van der Waals surface area contributed by atoms with Crippen molar-refractivity contribution in [3.8, 4) is 17.2 Å². The Morgan fingerprint density at radius 2 is 1.82 bits per heavy atom. The van der Waals surface area contributed by atoms with Gasteiger partial charge in [-0.05, 0) is 73.6 Å². The van der Waals surface area contributed by atoms with Crippen LogP contribution in [0.25, 0.3) is 10.9 Å². The fourth-order valence-corrected chi connectivity index (χ4v) is 5.33. The van der Waals surface area contributed by atoms with Crippen molar-refractivity contribution in [1.82, 2.24) is 10.3 Å². The zero-order valence-electron chi connectivity index (χ0n) is 22.8. The molecule has 0 aliphatic heterocycles. The van der Waals surface area contributed by atoms with E-state index >= 15 is 4.39 Å². The van der Waals surface area contributed by atoms with Gasteiger partial charge in [0.05, 0.1) is 19.7 Å². The van der Waals surface area contributed by atoms with Gasteiger partial charge >= 0.3 is 0 Å². The molecule has 6 rings (SSSR count). The molecule has 0 bridgehead atoms. The first-order chi connectivity index (χ1) is 19.5. The molecule has 1 N–H and O–H groups in total. The molecule has 1 aromatic heterocycles. The van der Waals surface area contributed by atoms with Gasteiger partial charge in [0.2, 0.25) is 5.91 Å². The highest BCUT2D eigenvalue weighted by Crippen LogP contribution is 2.42. The number of para-hydroxylation sites is 1. The molecule has 0 radical (unpaired) electrons. The monoisotopic (exact) mass is 540 g/mol. The zero-order valence-corrected chi connectivity index (χ0v) is 22.8. The highest BCUT2D eigenvalue weighted by atomic mass is 19.1. The second kappa shape index (κ2) is 11.2. The van der Waals surface area contributed by atoms with Gasteiger partial charge in [-0.3, -0.25) is 9.78 Å². The van der Waals surface area contributed by atoms with E-state index in [1.54, 1.807) is 26.4 Å². The molecule has 1 heterocycles. The summed E-state index contributed by atoms with van der Waals surface area (Å²) >= 11 is 0. The maximum Gasteiger partial charge on any atom is 0.223 e. The Bertz CT molecular complexity index is 1550. The second-order valence-electron chi connectivity index (χ2n) is 10.8. The number of methoxy groups -OCH3 is 2. The van der Waals surface area contributed by atoms with Crippen molar-refractivity contribution in [2.75, 3.05) is 14.2 Å². The Morgan fingerprint density at radius 1 is 0.975 bits per heavy atom. The molecule has 6 nitrogen and oxygen atoms in total. The van der Waals surface area contributed by atoms with E-state index in [-0.39, 0.29) is 35.9 Å². The fourth-order valence-electron chi connectivity index (χ4n) is 5.33. The predicted octanol–water partition coefficient (Wildman–Crippen LogP) is 6.34. The molecule has 4 aromatic rings. The Labute approximate surface area is 233 Å². The third-order valence-corrected chi connectivity index (χ3v) is 7.90. The smallest absolute Gasteiger partial charge is 0.223 e. The van der Waals surface area contributed by atoms with Crippen LogP contribution in [0, 0.1) is 17.7 Å². The lowest BCUT2D eigenvalue weighted by molar-refractivity contribution is -0.122. The van der Waals surface area contributed by atoms with Crippen molar-refractivity contribution in [3.63, 3.8) is 0 Å². The summed E-state index contributed by atoms with van der Waals surface area (Å²) in [7, 11) is 3.20. The van der Waals surface area contributed by atoms with Gasteiger partial charge in [-0.25, -0.2) is 4.39 Å². The molecule has 2 aliphatic carbocycles. The molecular formula is C33H33FN2O4. The topological polar surface area (TPSA) is 69.7 Å². The quantitative estimate of drug-likeness (QED) is 0.240. The van der Waals surface area contributed by atoms with E-state index < -0.39 is 0 Å². The number of amides is 1. The van der Waals surface area contributed by atoms with Gasteiger partial charge in [0.25, 0.3) is 0 Å². The number of fused-ring (bicyclic) bond motifs is 1. The van der Waals surface area contributed by atoms with Gasteiger partial charge in [0.15, 0.2) is 11.6 Å². The Balaban J connectivity index is 1.04. The summed E-state index contributed by atoms with van der Waals surface area (Å²) in [5.41, 5.74) is 4.82. The molecule has 7 heteroatoms. The van der Waals surface area contributed by atoms with Gasteiger partial charge in [-0.2, -0.15) is 0 Å². The maximum atomic E-state index is 15.0. The minimum absolute atomic E-state index is 0.0124. The molecule has 2 atom stereocenters. The van der Waals surface area contributed by atoms with Crippen LogP contribution in [0.15, 0.2) is 66.7 Å². The number of halogens is 1.